The topological polar surface area (TPSA) is 84.3 Å². The number of benzene rings is 3. The molecular weight excluding hydrogens is 476 g/mol. The smallest absolute Gasteiger partial charge is 0.266 e. The van der Waals surface area contributed by atoms with Crippen LogP contribution in [0.25, 0.3) is 16.6 Å². The highest BCUT2D eigenvalue weighted by atomic mass is 16.2. The molecule has 7 nitrogen and oxygen atoms in total. The molecule has 2 fully saturated rings. The van der Waals surface area contributed by atoms with Gasteiger partial charge in [0.25, 0.3) is 5.56 Å². The maximum absolute atomic E-state index is 14.5. The molecule has 1 spiro atoms. The van der Waals surface area contributed by atoms with E-state index in [-0.39, 0.29) is 29.3 Å². The van der Waals surface area contributed by atoms with E-state index in [4.69, 9.17) is 4.98 Å². The zero-order valence-electron chi connectivity index (χ0n) is 21.7. The number of amides is 2. The Morgan fingerprint density at radius 3 is 2.32 bits per heavy atom. The molecule has 0 radical (unpaired) electrons. The van der Waals surface area contributed by atoms with Gasteiger partial charge in [-0.3, -0.25) is 24.3 Å². The maximum Gasteiger partial charge on any atom is 0.266 e. The molecule has 4 aromatic rings. The van der Waals surface area contributed by atoms with Gasteiger partial charge in [0.1, 0.15) is 11.4 Å². The van der Waals surface area contributed by atoms with E-state index in [1.807, 2.05) is 74.5 Å². The van der Waals surface area contributed by atoms with E-state index in [1.165, 1.54) is 4.90 Å². The SMILES string of the molecule is Cc1cc(C)cc(N2C(=O)[C@H]3[C@@H](C(C)C)N[C@]4(c5ccccc5-n5c4nc4ccccc4c5=O)[C@H]3C2=O)c1. The second kappa shape index (κ2) is 7.71. The molecule has 0 aliphatic carbocycles. The zero-order chi connectivity index (χ0) is 26.5. The van der Waals surface area contributed by atoms with Crippen LogP contribution in [0, 0.1) is 31.6 Å². The number of carbonyl (C=O) groups is 2. The standard InChI is InChI=1S/C31H28N4O3/c1-16(2)26-24-25(29(38)34(28(24)37)19-14-17(3)13-18(4)15-19)31(33-26)21-10-6-8-12-23(21)35-27(36)20-9-5-7-11-22(20)32-30(31)35/h5-16,24-26,33H,1-4H3/t24-,25-,26-,31-/m1/s1. The lowest BCUT2D eigenvalue weighted by atomic mass is 9.75. The van der Waals surface area contributed by atoms with Crippen molar-refractivity contribution in [3.63, 3.8) is 0 Å². The van der Waals surface area contributed by atoms with E-state index in [2.05, 4.69) is 19.2 Å². The molecule has 1 N–H and O–H groups in total. The lowest BCUT2D eigenvalue weighted by Crippen LogP contribution is -2.51. The molecule has 0 bridgehead atoms. The molecule has 7 rings (SSSR count). The van der Waals surface area contributed by atoms with Crippen LogP contribution in [0.5, 0.6) is 0 Å². The van der Waals surface area contributed by atoms with Gasteiger partial charge in [-0.05, 0) is 61.2 Å². The second-order valence-corrected chi connectivity index (χ2v) is 11.2. The Bertz CT molecular complexity index is 1740. The van der Waals surface area contributed by atoms with Gasteiger partial charge in [0.15, 0.2) is 0 Å². The summed E-state index contributed by atoms with van der Waals surface area (Å²) in [7, 11) is 0. The summed E-state index contributed by atoms with van der Waals surface area (Å²) in [5, 5.41) is 4.25. The Labute approximate surface area is 220 Å². The maximum atomic E-state index is 14.5. The van der Waals surface area contributed by atoms with E-state index in [9.17, 15) is 14.4 Å². The number of para-hydroxylation sites is 2. The number of nitrogens with one attached hydrogen (secondary N) is 1. The van der Waals surface area contributed by atoms with Crippen molar-refractivity contribution in [3.8, 4) is 5.69 Å². The number of fused-ring (bicyclic) bond motifs is 8. The molecule has 38 heavy (non-hydrogen) atoms. The number of hydrogen-bond acceptors (Lipinski definition) is 5. The molecule has 3 aliphatic heterocycles. The van der Waals surface area contributed by atoms with Crippen molar-refractivity contribution in [2.45, 2.75) is 39.3 Å². The van der Waals surface area contributed by atoms with Crippen molar-refractivity contribution >= 4 is 28.4 Å². The van der Waals surface area contributed by atoms with Crippen LogP contribution in [0.2, 0.25) is 0 Å². The third kappa shape index (κ3) is 2.77. The summed E-state index contributed by atoms with van der Waals surface area (Å²) >= 11 is 0. The van der Waals surface area contributed by atoms with Crippen molar-refractivity contribution in [1.82, 2.24) is 14.9 Å². The first-order valence-corrected chi connectivity index (χ1v) is 13.1. The van der Waals surface area contributed by atoms with Gasteiger partial charge in [0.05, 0.1) is 34.1 Å². The molecule has 0 unspecified atom stereocenters. The molecule has 2 amide bonds. The zero-order valence-corrected chi connectivity index (χ0v) is 21.7. The molecule has 0 saturated carbocycles. The van der Waals surface area contributed by atoms with Gasteiger partial charge in [-0.1, -0.05) is 50.2 Å². The monoisotopic (exact) mass is 504 g/mol. The number of carbonyl (C=O) groups excluding carboxylic acids is 2. The first-order chi connectivity index (χ1) is 18.2. The van der Waals surface area contributed by atoms with E-state index in [0.717, 1.165) is 16.7 Å². The van der Waals surface area contributed by atoms with Crippen molar-refractivity contribution in [1.29, 1.82) is 0 Å². The average molecular weight is 505 g/mol. The van der Waals surface area contributed by atoms with Gasteiger partial charge in [-0.25, -0.2) is 9.88 Å². The van der Waals surface area contributed by atoms with Crippen LogP contribution in [-0.4, -0.2) is 27.4 Å². The number of nitrogens with zero attached hydrogens (tertiary/aromatic N) is 3. The molecule has 2 saturated heterocycles. The molecule has 4 atom stereocenters. The third-order valence-electron chi connectivity index (χ3n) is 8.48. The number of aryl methyl sites for hydroxylation is 2. The van der Waals surface area contributed by atoms with Gasteiger partial charge >= 0.3 is 0 Å². The van der Waals surface area contributed by atoms with Gasteiger partial charge in [-0.15, -0.1) is 0 Å². The van der Waals surface area contributed by atoms with Crippen LogP contribution >= 0.6 is 0 Å². The van der Waals surface area contributed by atoms with Crippen molar-refractivity contribution in [2.24, 2.45) is 17.8 Å². The first-order valence-electron chi connectivity index (χ1n) is 13.1. The minimum atomic E-state index is -1.11. The molecular formula is C31H28N4O3. The van der Waals surface area contributed by atoms with Crippen molar-refractivity contribution < 1.29 is 9.59 Å². The van der Waals surface area contributed by atoms with Gasteiger partial charge in [0.2, 0.25) is 11.8 Å². The molecule has 1 aromatic heterocycles. The van der Waals surface area contributed by atoms with Crippen LogP contribution in [0.4, 0.5) is 5.69 Å². The summed E-state index contributed by atoms with van der Waals surface area (Å²) < 4.78 is 1.64. The second-order valence-electron chi connectivity index (χ2n) is 11.2. The van der Waals surface area contributed by atoms with E-state index >= 15 is 0 Å². The van der Waals surface area contributed by atoms with E-state index < -0.39 is 17.4 Å². The fourth-order valence-electron chi connectivity index (χ4n) is 7.06. The van der Waals surface area contributed by atoms with Crippen molar-refractivity contribution in [3.05, 3.63) is 99.6 Å². The minimum absolute atomic E-state index is 0.0613. The number of aromatic nitrogens is 2. The Morgan fingerprint density at radius 2 is 1.58 bits per heavy atom. The molecule has 7 heteroatoms. The predicted octanol–water partition coefficient (Wildman–Crippen LogP) is 3.99. The van der Waals surface area contributed by atoms with Gasteiger partial charge < -0.3 is 0 Å². The summed E-state index contributed by atoms with van der Waals surface area (Å²) in [4.78, 5) is 48.9. The highest BCUT2D eigenvalue weighted by molar-refractivity contribution is 6.23. The fourth-order valence-corrected chi connectivity index (χ4v) is 7.06. The Morgan fingerprint density at radius 1 is 0.895 bits per heavy atom. The quantitative estimate of drug-likeness (QED) is 0.418. The Kier molecular flexibility index (Phi) is 4.68. The van der Waals surface area contributed by atoms with E-state index in [0.29, 0.717) is 28.1 Å². The summed E-state index contributed by atoms with van der Waals surface area (Å²) in [5.41, 5.74) is 3.37. The summed E-state index contributed by atoms with van der Waals surface area (Å²) in [6.45, 7) is 8.06. The normalized spacial score (nSPS) is 25.5. The molecule has 3 aromatic carbocycles. The Balaban J connectivity index is 1.53. The van der Waals surface area contributed by atoms with E-state index in [1.54, 1.807) is 10.6 Å². The average Bonchev–Trinajstić information content (AvgIpc) is 3.47. The summed E-state index contributed by atoms with van der Waals surface area (Å²) in [6.07, 6.45) is 0. The largest absolute Gasteiger partial charge is 0.296 e. The van der Waals surface area contributed by atoms with Crippen LogP contribution < -0.4 is 15.8 Å². The van der Waals surface area contributed by atoms with Gasteiger partial charge in [0, 0.05) is 11.6 Å². The third-order valence-corrected chi connectivity index (χ3v) is 8.48. The fraction of sp³-hybridized carbons (Fsp3) is 0.290. The van der Waals surface area contributed by atoms with Crippen LogP contribution in [0.3, 0.4) is 0 Å². The number of hydrogen-bond donors (Lipinski definition) is 1. The lowest BCUT2D eigenvalue weighted by molar-refractivity contribution is -0.123. The number of rotatable bonds is 2. The number of anilines is 1. The first kappa shape index (κ1) is 23.0. The Hall–Kier alpha value is -4.10. The highest BCUT2D eigenvalue weighted by Gasteiger charge is 2.70. The van der Waals surface area contributed by atoms with Crippen molar-refractivity contribution in [2.75, 3.05) is 4.90 Å². The van der Waals surface area contributed by atoms with Crippen LogP contribution in [-0.2, 0) is 15.1 Å². The van der Waals surface area contributed by atoms with Crippen LogP contribution in [0.1, 0.15) is 36.4 Å². The predicted molar refractivity (Wildman–Crippen MR) is 145 cm³/mol. The van der Waals surface area contributed by atoms with Crippen LogP contribution in [0.15, 0.2) is 71.5 Å². The minimum Gasteiger partial charge on any atom is -0.296 e. The molecule has 4 heterocycles. The number of imide groups is 1. The lowest BCUT2D eigenvalue weighted by Gasteiger charge is -2.32. The molecule has 190 valence electrons. The highest BCUT2D eigenvalue weighted by Crippen LogP contribution is 2.56. The van der Waals surface area contributed by atoms with Gasteiger partial charge in [-0.2, -0.15) is 0 Å². The summed E-state index contributed by atoms with van der Waals surface area (Å²) in [5.74, 6) is -1.26. The summed E-state index contributed by atoms with van der Waals surface area (Å²) in [6, 6.07) is 20.5. The molecule has 3 aliphatic rings.